The fourth-order valence-electron chi connectivity index (χ4n) is 4.78. The van der Waals surface area contributed by atoms with E-state index in [9.17, 15) is 4.79 Å². The summed E-state index contributed by atoms with van der Waals surface area (Å²) in [5.74, 6) is 2.78. The number of nitrogens with zero attached hydrogens (tertiary/aromatic N) is 4. The summed E-state index contributed by atoms with van der Waals surface area (Å²) in [5.41, 5.74) is 8.71. The summed E-state index contributed by atoms with van der Waals surface area (Å²) in [6.45, 7) is 4.52. The van der Waals surface area contributed by atoms with Crippen LogP contribution in [0.1, 0.15) is 35.4 Å². The van der Waals surface area contributed by atoms with Crippen LogP contribution >= 0.6 is 0 Å². The molecule has 0 aliphatic carbocycles. The highest BCUT2D eigenvalue weighted by Crippen LogP contribution is 2.34. The number of hydrogen-bond acceptors (Lipinski definition) is 8. The molecule has 1 atom stereocenters. The van der Waals surface area contributed by atoms with Crippen molar-refractivity contribution in [2.75, 3.05) is 51.0 Å². The Kier molecular flexibility index (Phi) is 7.67. The maximum Gasteiger partial charge on any atom is 0.253 e. The van der Waals surface area contributed by atoms with Crippen molar-refractivity contribution < 1.29 is 19.0 Å². The minimum absolute atomic E-state index is 0.00437. The van der Waals surface area contributed by atoms with Crippen LogP contribution in [-0.4, -0.2) is 61.2 Å². The van der Waals surface area contributed by atoms with Crippen molar-refractivity contribution in [3.63, 3.8) is 0 Å². The van der Waals surface area contributed by atoms with E-state index in [0.717, 1.165) is 17.7 Å². The van der Waals surface area contributed by atoms with Gasteiger partial charge in [0.2, 0.25) is 5.95 Å². The normalized spacial score (nSPS) is 14.5. The molecule has 39 heavy (non-hydrogen) atoms. The van der Waals surface area contributed by atoms with Crippen LogP contribution in [0.3, 0.4) is 0 Å². The van der Waals surface area contributed by atoms with Crippen LogP contribution in [0, 0.1) is 0 Å². The number of nitrogen functional groups attached to an aromatic ring is 1. The molecule has 1 fully saturated rings. The number of nitrogens with two attached hydrogens (primary N) is 1. The van der Waals surface area contributed by atoms with Crippen molar-refractivity contribution in [2.24, 2.45) is 0 Å². The predicted octanol–water partition coefficient (Wildman–Crippen LogP) is 4.72. The van der Waals surface area contributed by atoms with Gasteiger partial charge in [-0.05, 0) is 49.2 Å². The number of aromatic nitrogens is 2. The summed E-state index contributed by atoms with van der Waals surface area (Å²) >= 11 is 0. The van der Waals surface area contributed by atoms with E-state index in [1.807, 2.05) is 66.4 Å². The van der Waals surface area contributed by atoms with Crippen molar-refractivity contribution in [2.45, 2.75) is 19.4 Å². The molecule has 0 spiro atoms. The first-order valence-electron chi connectivity index (χ1n) is 13.0. The second-order valence-electron chi connectivity index (χ2n) is 9.46. The van der Waals surface area contributed by atoms with E-state index < -0.39 is 0 Å². The molecule has 0 saturated carbocycles. The van der Waals surface area contributed by atoms with Crippen LogP contribution < -0.4 is 24.8 Å². The van der Waals surface area contributed by atoms with Gasteiger partial charge in [0.15, 0.2) is 11.5 Å². The van der Waals surface area contributed by atoms with Crippen LogP contribution in [0.4, 0.5) is 11.8 Å². The second kappa shape index (κ2) is 11.5. The third-order valence-electron chi connectivity index (χ3n) is 6.97. The topological polar surface area (TPSA) is 103 Å². The van der Waals surface area contributed by atoms with Gasteiger partial charge in [-0.25, -0.2) is 4.98 Å². The van der Waals surface area contributed by atoms with Crippen molar-refractivity contribution in [3.05, 3.63) is 77.9 Å². The lowest BCUT2D eigenvalue weighted by Gasteiger charge is -2.23. The number of fused-ring (bicyclic) bond motifs is 1. The van der Waals surface area contributed by atoms with Gasteiger partial charge in [0, 0.05) is 43.2 Å². The SMILES string of the molecule is COc1cc2nc(N3CCCN(C(=O)c4ccc(OC(C)c5ccccc5)cc4)CC3)nc(N)c2cc1OC. The molecular weight excluding hydrogens is 494 g/mol. The Balaban J connectivity index is 1.25. The van der Waals surface area contributed by atoms with Crippen molar-refractivity contribution >= 4 is 28.6 Å². The first-order chi connectivity index (χ1) is 19.0. The van der Waals surface area contributed by atoms with E-state index in [1.54, 1.807) is 26.4 Å². The van der Waals surface area contributed by atoms with Gasteiger partial charge >= 0.3 is 0 Å². The highest BCUT2D eigenvalue weighted by Gasteiger charge is 2.23. The predicted molar refractivity (Wildman–Crippen MR) is 152 cm³/mol. The summed E-state index contributed by atoms with van der Waals surface area (Å²) in [4.78, 5) is 26.6. The molecule has 5 rings (SSSR count). The average molecular weight is 528 g/mol. The smallest absolute Gasteiger partial charge is 0.253 e. The first-order valence-corrected chi connectivity index (χ1v) is 13.0. The number of amides is 1. The summed E-state index contributed by atoms with van der Waals surface area (Å²) < 4.78 is 16.9. The summed E-state index contributed by atoms with van der Waals surface area (Å²) in [6.07, 6.45) is 0.702. The fourth-order valence-corrected chi connectivity index (χ4v) is 4.78. The van der Waals surface area contributed by atoms with E-state index in [1.165, 1.54) is 0 Å². The molecular formula is C30H33N5O4. The molecule has 0 bridgehead atoms. The first kappa shape index (κ1) is 26.1. The molecule has 2 heterocycles. The van der Waals surface area contributed by atoms with Gasteiger partial charge in [-0.1, -0.05) is 30.3 Å². The number of carbonyl (C=O) groups is 1. The number of methoxy groups -OCH3 is 2. The van der Waals surface area contributed by atoms with Crippen LogP contribution in [0.2, 0.25) is 0 Å². The zero-order valence-electron chi connectivity index (χ0n) is 22.5. The van der Waals surface area contributed by atoms with Gasteiger partial charge in [0.25, 0.3) is 5.91 Å². The molecule has 1 amide bonds. The Labute approximate surface area is 228 Å². The van der Waals surface area contributed by atoms with E-state index in [2.05, 4.69) is 9.88 Å². The summed E-state index contributed by atoms with van der Waals surface area (Å²) in [6, 6.07) is 21.0. The van der Waals surface area contributed by atoms with E-state index in [0.29, 0.717) is 65.9 Å². The molecule has 202 valence electrons. The van der Waals surface area contributed by atoms with E-state index >= 15 is 0 Å². The highest BCUT2D eigenvalue weighted by molar-refractivity contribution is 5.94. The highest BCUT2D eigenvalue weighted by atomic mass is 16.5. The molecule has 4 aromatic rings. The van der Waals surface area contributed by atoms with Gasteiger partial charge in [-0.3, -0.25) is 4.79 Å². The molecule has 0 radical (unpaired) electrons. The van der Waals surface area contributed by atoms with Gasteiger partial charge < -0.3 is 29.7 Å². The Hall–Kier alpha value is -4.53. The zero-order chi connectivity index (χ0) is 27.4. The molecule has 2 N–H and O–H groups in total. The Morgan fingerprint density at radius 2 is 1.62 bits per heavy atom. The lowest BCUT2D eigenvalue weighted by Crippen LogP contribution is -2.35. The molecule has 1 aliphatic rings. The number of carbonyl (C=O) groups excluding carboxylic acids is 1. The third kappa shape index (κ3) is 5.67. The standard InChI is InChI=1S/C30H33N5O4/c1-20(21-8-5-4-6-9-21)39-23-12-10-22(11-13-23)29(36)34-14-7-15-35(17-16-34)30-32-25-19-27(38-3)26(37-2)18-24(25)28(31)33-30/h4-6,8-13,18-20H,7,14-17H2,1-3H3,(H2,31,32,33). The number of hydrogen-bond donors (Lipinski definition) is 1. The fraction of sp³-hybridized carbons (Fsp3) is 0.300. The van der Waals surface area contributed by atoms with Gasteiger partial charge in [-0.2, -0.15) is 4.98 Å². The largest absolute Gasteiger partial charge is 0.493 e. The van der Waals surface area contributed by atoms with E-state index in [4.69, 9.17) is 24.9 Å². The van der Waals surface area contributed by atoms with E-state index in [-0.39, 0.29) is 12.0 Å². The summed E-state index contributed by atoms with van der Waals surface area (Å²) in [5, 5.41) is 0.702. The molecule has 1 aromatic heterocycles. The van der Waals surface area contributed by atoms with Crippen LogP contribution in [0.5, 0.6) is 17.2 Å². The van der Waals surface area contributed by atoms with Crippen molar-refractivity contribution in [1.29, 1.82) is 0 Å². The van der Waals surface area contributed by atoms with Crippen LogP contribution in [0.15, 0.2) is 66.7 Å². The minimum Gasteiger partial charge on any atom is -0.493 e. The number of benzene rings is 3. The van der Waals surface area contributed by atoms with Gasteiger partial charge in [-0.15, -0.1) is 0 Å². The zero-order valence-corrected chi connectivity index (χ0v) is 22.5. The Morgan fingerprint density at radius 1 is 0.897 bits per heavy atom. The third-order valence-corrected chi connectivity index (χ3v) is 6.97. The second-order valence-corrected chi connectivity index (χ2v) is 9.46. The number of ether oxygens (including phenoxy) is 3. The lowest BCUT2D eigenvalue weighted by atomic mass is 10.1. The number of rotatable bonds is 7. The average Bonchev–Trinajstić information content (AvgIpc) is 3.23. The molecule has 1 saturated heterocycles. The maximum absolute atomic E-state index is 13.3. The lowest BCUT2D eigenvalue weighted by molar-refractivity contribution is 0.0767. The maximum atomic E-state index is 13.3. The Morgan fingerprint density at radius 3 is 2.33 bits per heavy atom. The van der Waals surface area contributed by atoms with Crippen LogP contribution in [-0.2, 0) is 0 Å². The van der Waals surface area contributed by atoms with Crippen molar-refractivity contribution in [3.8, 4) is 17.2 Å². The molecule has 1 aliphatic heterocycles. The van der Waals surface area contributed by atoms with Crippen molar-refractivity contribution in [1.82, 2.24) is 14.9 Å². The summed E-state index contributed by atoms with van der Waals surface area (Å²) in [7, 11) is 3.16. The monoisotopic (exact) mass is 527 g/mol. The molecule has 1 unspecified atom stereocenters. The van der Waals surface area contributed by atoms with Crippen LogP contribution in [0.25, 0.3) is 10.9 Å². The molecule has 3 aromatic carbocycles. The molecule has 9 heteroatoms. The molecule has 9 nitrogen and oxygen atoms in total. The van der Waals surface area contributed by atoms with Gasteiger partial charge in [0.05, 0.1) is 19.7 Å². The number of anilines is 2. The Bertz CT molecular complexity index is 1450. The minimum atomic E-state index is -0.0844. The quantitative estimate of drug-likeness (QED) is 0.368. The van der Waals surface area contributed by atoms with Gasteiger partial charge in [0.1, 0.15) is 17.7 Å².